The molecule has 3 aliphatic rings. The molecule has 1 saturated heterocycles. The Morgan fingerprint density at radius 3 is 2.59 bits per heavy atom. The molecule has 6 nitrogen and oxygen atoms in total. The molecule has 2 aliphatic heterocycles. The number of nitriles is 1. The van der Waals surface area contributed by atoms with Gasteiger partial charge in [0.25, 0.3) is 0 Å². The summed E-state index contributed by atoms with van der Waals surface area (Å²) in [6.45, 7) is 7.13. The van der Waals surface area contributed by atoms with Crippen LogP contribution in [0.3, 0.4) is 0 Å². The maximum atomic E-state index is 9.20. The third-order valence-corrected chi connectivity index (χ3v) is 8.93. The van der Waals surface area contributed by atoms with E-state index in [1.54, 1.807) is 11.8 Å². The van der Waals surface area contributed by atoms with Crippen LogP contribution < -0.4 is 4.90 Å². The van der Waals surface area contributed by atoms with Crippen molar-refractivity contribution in [2.45, 2.75) is 55.0 Å². The molecule has 1 saturated carbocycles. The molecule has 0 unspecified atom stereocenters. The first-order valence-electron chi connectivity index (χ1n) is 13.0. The Labute approximate surface area is 222 Å². The first kappa shape index (κ1) is 23.7. The highest BCUT2D eigenvalue weighted by atomic mass is 32.2. The number of hydrogen-bond acceptors (Lipinski definition) is 7. The minimum atomic E-state index is 0.608. The molecule has 0 amide bonds. The monoisotopic (exact) mass is 506 g/mol. The lowest BCUT2D eigenvalue weighted by Crippen LogP contribution is -2.39. The van der Waals surface area contributed by atoms with Crippen LogP contribution in [0.4, 0.5) is 11.5 Å². The molecule has 0 radical (unpaired) electrons. The molecule has 186 valence electrons. The number of benzene rings is 2. The van der Waals surface area contributed by atoms with Gasteiger partial charge < -0.3 is 9.80 Å². The summed E-state index contributed by atoms with van der Waals surface area (Å²) < 4.78 is 0. The van der Waals surface area contributed by atoms with E-state index in [9.17, 15) is 5.26 Å². The highest BCUT2D eigenvalue weighted by Gasteiger charge is 2.37. The predicted octanol–water partition coefficient (Wildman–Crippen LogP) is 6.81. The van der Waals surface area contributed by atoms with Gasteiger partial charge in [0.1, 0.15) is 10.8 Å². The van der Waals surface area contributed by atoms with Crippen molar-refractivity contribution in [3.63, 3.8) is 0 Å². The Morgan fingerprint density at radius 2 is 1.84 bits per heavy atom. The zero-order chi connectivity index (χ0) is 25.2. The fourth-order valence-corrected chi connectivity index (χ4v) is 6.60. The SMILES string of the molecule is C=C1c2cc(Sc3cnc(N4CCC5(CCCC5)CC4)cn3)ccc2N=CN1Cc1cccc(C#N)c1. The van der Waals surface area contributed by atoms with Gasteiger partial charge in [-0.3, -0.25) is 0 Å². The van der Waals surface area contributed by atoms with Crippen LogP contribution in [0.25, 0.3) is 5.70 Å². The standard InChI is InChI=1S/C30H30N6S/c1-22-26-16-25(7-8-27(26)34-21-36(22)20-24-6-4-5-23(15-24)17-31)37-29-19-32-28(18-33-29)35-13-11-30(12-14-35)9-2-3-10-30/h4-8,15-16,18-19,21H,1-3,9-14,20H2. The van der Waals surface area contributed by atoms with E-state index in [2.05, 4.69) is 34.7 Å². The van der Waals surface area contributed by atoms with Crippen LogP contribution in [0.5, 0.6) is 0 Å². The van der Waals surface area contributed by atoms with Crippen LogP contribution in [0.2, 0.25) is 0 Å². The molecule has 0 bridgehead atoms. The minimum Gasteiger partial charge on any atom is -0.355 e. The summed E-state index contributed by atoms with van der Waals surface area (Å²) in [5.41, 5.74) is 5.10. The van der Waals surface area contributed by atoms with E-state index in [1.165, 1.54) is 38.5 Å². The largest absolute Gasteiger partial charge is 0.355 e. The zero-order valence-corrected chi connectivity index (χ0v) is 21.8. The van der Waals surface area contributed by atoms with Gasteiger partial charge in [0.2, 0.25) is 0 Å². The third-order valence-electron chi connectivity index (χ3n) is 8.02. The lowest BCUT2D eigenvalue weighted by atomic mass is 9.77. The number of fused-ring (bicyclic) bond motifs is 1. The van der Waals surface area contributed by atoms with Gasteiger partial charge in [-0.05, 0) is 67.0 Å². The Hall–Kier alpha value is -3.63. The number of anilines is 1. The van der Waals surface area contributed by atoms with Crippen LogP contribution in [0.1, 0.15) is 55.2 Å². The number of piperidine rings is 1. The molecule has 1 spiro atoms. The molecule has 1 aromatic heterocycles. The first-order chi connectivity index (χ1) is 18.1. The van der Waals surface area contributed by atoms with Gasteiger partial charge in [0, 0.05) is 35.8 Å². The molecule has 0 N–H and O–H groups in total. The maximum absolute atomic E-state index is 9.20. The first-order valence-corrected chi connectivity index (χ1v) is 13.8. The molecule has 37 heavy (non-hydrogen) atoms. The minimum absolute atomic E-state index is 0.608. The summed E-state index contributed by atoms with van der Waals surface area (Å²) in [7, 11) is 0. The van der Waals surface area contributed by atoms with E-state index < -0.39 is 0 Å². The number of rotatable bonds is 5. The molecule has 1 aliphatic carbocycles. The Morgan fingerprint density at radius 1 is 1.00 bits per heavy atom. The molecule has 3 aromatic rings. The molecule has 3 heterocycles. The Bertz CT molecular complexity index is 1370. The molecule has 2 fully saturated rings. The number of nitrogens with zero attached hydrogens (tertiary/aromatic N) is 6. The second-order valence-electron chi connectivity index (χ2n) is 10.3. The summed E-state index contributed by atoms with van der Waals surface area (Å²) in [6.07, 6.45) is 13.8. The average Bonchev–Trinajstić information content (AvgIpc) is 3.39. The number of hydrogen-bond donors (Lipinski definition) is 0. The number of aliphatic imine (C=N–C) groups is 1. The van der Waals surface area contributed by atoms with Crippen molar-refractivity contribution in [2.75, 3.05) is 18.0 Å². The zero-order valence-electron chi connectivity index (χ0n) is 20.9. The van der Waals surface area contributed by atoms with Gasteiger partial charge in [0.05, 0.1) is 36.1 Å². The Kier molecular flexibility index (Phi) is 6.43. The van der Waals surface area contributed by atoms with E-state index in [1.807, 2.05) is 54.0 Å². The highest BCUT2D eigenvalue weighted by Crippen LogP contribution is 2.46. The van der Waals surface area contributed by atoms with Crippen molar-refractivity contribution in [3.8, 4) is 6.07 Å². The smallest absolute Gasteiger partial charge is 0.147 e. The lowest BCUT2D eigenvalue weighted by Gasteiger charge is -2.39. The van der Waals surface area contributed by atoms with Crippen molar-refractivity contribution in [1.82, 2.24) is 14.9 Å². The van der Waals surface area contributed by atoms with Crippen LogP contribution in [-0.4, -0.2) is 34.3 Å². The van der Waals surface area contributed by atoms with E-state index in [0.29, 0.717) is 17.5 Å². The normalized spacial score (nSPS) is 18.2. The van der Waals surface area contributed by atoms with Gasteiger partial charge in [-0.1, -0.05) is 43.3 Å². The topological polar surface area (TPSA) is 68.4 Å². The molecular formula is C30H30N6S. The van der Waals surface area contributed by atoms with Crippen LogP contribution in [-0.2, 0) is 6.54 Å². The van der Waals surface area contributed by atoms with Gasteiger partial charge in [-0.15, -0.1) is 0 Å². The van der Waals surface area contributed by atoms with Crippen molar-refractivity contribution in [3.05, 3.63) is 78.1 Å². The Balaban J connectivity index is 1.12. The maximum Gasteiger partial charge on any atom is 0.147 e. The summed E-state index contributed by atoms with van der Waals surface area (Å²) in [6, 6.07) is 16.1. The molecular weight excluding hydrogens is 476 g/mol. The number of aromatic nitrogens is 2. The van der Waals surface area contributed by atoms with Crippen LogP contribution in [0, 0.1) is 16.7 Å². The second-order valence-corrected chi connectivity index (χ2v) is 11.4. The molecule has 6 rings (SSSR count). The predicted molar refractivity (Wildman–Crippen MR) is 149 cm³/mol. The fourth-order valence-electron chi connectivity index (χ4n) is 5.83. The molecule has 0 atom stereocenters. The van der Waals surface area contributed by atoms with Crippen molar-refractivity contribution >= 4 is 35.3 Å². The third kappa shape index (κ3) is 4.99. The van der Waals surface area contributed by atoms with Crippen LogP contribution >= 0.6 is 11.8 Å². The van der Waals surface area contributed by atoms with Gasteiger partial charge in [-0.2, -0.15) is 5.26 Å². The average molecular weight is 507 g/mol. The van der Waals surface area contributed by atoms with Crippen molar-refractivity contribution < 1.29 is 0 Å². The summed E-state index contributed by atoms with van der Waals surface area (Å²) in [4.78, 5) is 19.6. The van der Waals surface area contributed by atoms with Crippen LogP contribution in [0.15, 0.2) is 76.4 Å². The molecule has 7 heteroatoms. The highest BCUT2D eigenvalue weighted by molar-refractivity contribution is 7.99. The van der Waals surface area contributed by atoms with Crippen molar-refractivity contribution in [2.24, 2.45) is 10.4 Å². The van der Waals surface area contributed by atoms with E-state index >= 15 is 0 Å². The fraction of sp³-hybridized carbons (Fsp3) is 0.333. The lowest BCUT2D eigenvalue weighted by molar-refractivity contribution is 0.226. The van der Waals surface area contributed by atoms with Crippen molar-refractivity contribution in [1.29, 1.82) is 5.26 Å². The summed E-state index contributed by atoms with van der Waals surface area (Å²) in [5, 5.41) is 10.1. The van der Waals surface area contributed by atoms with E-state index in [0.717, 1.165) is 51.3 Å². The summed E-state index contributed by atoms with van der Waals surface area (Å²) in [5.74, 6) is 0.987. The summed E-state index contributed by atoms with van der Waals surface area (Å²) >= 11 is 1.60. The van der Waals surface area contributed by atoms with E-state index in [-0.39, 0.29) is 0 Å². The quantitative estimate of drug-likeness (QED) is 0.379. The van der Waals surface area contributed by atoms with E-state index in [4.69, 9.17) is 9.97 Å². The second kappa shape index (κ2) is 10.0. The van der Waals surface area contributed by atoms with Gasteiger partial charge in [-0.25, -0.2) is 15.0 Å². The molecule has 2 aromatic carbocycles. The van der Waals surface area contributed by atoms with Gasteiger partial charge in [0.15, 0.2) is 0 Å². The van der Waals surface area contributed by atoms with Gasteiger partial charge >= 0.3 is 0 Å².